The zero-order valence-corrected chi connectivity index (χ0v) is 23.7. The van der Waals surface area contributed by atoms with Gasteiger partial charge in [-0.3, -0.25) is 0 Å². The molecular formula is C30H35NOSiTi. The summed E-state index contributed by atoms with van der Waals surface area (Å²) in [5.74, 6) is 0. The Balaban J connectivity index is 0.000000619. The van der Waals surface area contributed by atoms with Gasteiger partial charge in [0, 0.05) is 40.3 Å². The number of hydrogen-bond donors (Lipinski definition) is 0. The predicted molar refractivity (Wildman–Crippen MR) is 144 cm³/mol. The Morgan fingerprint density at radius 3 is 2.03 bits per heavy atom. The molecular weight excluding hydrogens is 466 g/mol. The molecule has 174 valence electrons. The molecule has 2 aromatic rings. The van der Waals surface area contributed by atoms with E-state index < -0.39 is 8.84 Å². The quantitative estimate of drug-likeness (QED) is 0.316. The van der Waals surface area contributed by atoms with Crippen LogP contribution in [0.5, 0.6) is 0 Å². The molecule has 0 N–H and O–H groups in total. The van der Waals surface area contributed by atoms with Gasteiger partial charge in [0.05, 0.1) is 0 Å². The summed E-state index contributed by atoms with van der Waals surface area (Å²) < 4.78 is 15.0. The van der Waals surface area contributed by atoms with E-state index in [0.29, 0.717) is 6.04 Å². The molecule has 4 rings (SSSR count). The second-order valence-electron chi connectivity index (χ2n) is 9.50. The molecule has 34 heavy (non-hydrogen) atoms. The van der Waals surface area contributed by atoms with E-state index >= 15 is 0 Å². The molecule has 0 heterocycles. The van der Waals surface area contributed by atoms with Crippen molar-refractivity contribution in [1.82, 2.24) is 4.57 Å². The van der Waals surface area contributed by atoms with Gasteiger partial charge in [-0.05, 0) is 73.1 Å². The second-order valence-corrected chi connectivity index (χ2v) is 11.3. The van der Waals surface area contributed by atoms with Crippen molar-refractivity contribution in [1.29, 1.82) is 0 Å². The Morgan fingerprint density at radius 2 is 1.53 bits per heavy atom. The van der Waals surface area contributed by atoms with Crippen molar-refractivity contribution in [2.75, 3.05) is 7.05 Å². The van der Waals surface area contributed by atoms with E-state index in [0.717, 1.165) is 12.0 Å². The van der Waals surface area contributed by atoms with Gasteiger partial charge in [0.2, 0.25) is 0 Å². The minimum absolute atomic E-state index is 0. The SMILES string of the molecule is C=C1c2ccccc2C2=C(CC(C[Si](=O)N(C)C(C)(C)C)=C2)c2ccccc21.C=CC=CC.[Ti]. The third kappa shape index (κ3) is 6.02. The molecule has 2 aromatic carbocycles. The normalized spacial score (nSPS) is 14.0. The van der Waals surface area contributed by atoms with Crippen LogP contribution in [0.4, 0.5) is 0 Å². The van der Waals surface area contributed by atoms with Gasteiger partial charge >= 0.3 is 8.84 Å². The Morgan fingerprint density at radius 1 is 1.00 bits per heavy atom. The maximum Gasteiger partial charge on any atom is 0.399 e. The van der Waals surface area contributed by atoms with Crippen LogP contribution in [0.1, 0.15) is 56.4 Å². The average molecular weight is 502 g/mol. The first kappa shape index (κ1) is 27.9. The van der Waals surface area contributed by atoms with E-state index in [9.17, 15) is 4.46 Å². The molecule has 0 unspecified atom stereocenters. The number of rotatable bonds is 4. The number of hydrogen-bond acceptors (Lipinski definition) is 1. The monoisotopic (exact) mass is 501 g/mol. The van der Waals surface area contributed by atoms with Crippen LogP contribution in [0.2, 0.25) is 6.04 Å². The van der Waals surface area contributed by atoms with Crippen molar-refractivity contribution in [3.8, 4) is 0 Å². The van der Waals surface area contributed by atoms with E-state index in [1.807, 2.05) is 30.7 Å². The smallest absolute Gasteiger partial charge is 0.375 e. The summed E-state index contributed by atoms with van der Waals surface area (Å²) in [6.45, 7) is 16.2. The first-order valence-corrected chi connectivity index (χ1v) is 13.1. The topological polar surface area (TPSA) is 20.3 Å². The maximum absolute atomic E-state index is 13.0. The minimum atomic E-state index is -1.85. The number of benzene rings is 2. The van der Waals surface area contributed by atoms with Crippen LogP contribution >= 0.6 is 0 Å². The van der Waals surface area contributed by atoms with Gasteiger partial charge in [-0.15, -0.1) is 0 Å². The van der Waals surface area contributed by atoms with Crippen LogP contribution in [0, 0.1) is 0 Å². The van der Waals surface area contributed by atoms with E-state index in [1.165, 1.54) is 39.0 Å². The molecule has 2 nitrogen and oxygen atoms in total. The van der Waals surface area contributed by atoms with Crippen molar-refractivity contribution in [2.24, 2.45) is 0 Å². The standard InChI is InChI=1S/C25H27NOSi.C5H8.Ti/c1-17-19-10-6-8-12-21(19)23-14-18(16-28(27)26(5)25(2,3)4)15-24(23)22-13-9-7-11-20(17)22;1-3-5-4-2;/h6-14H,1,15-16H2,2-5H3;3-5H,1H2,2H3;. The van der Waals surface area contributed by atoms with Gasteiger partial charge in [-0.25, -0.2) is 0 Å². The van der Waals surface area contributed by atoms with Crippen LogP contribution in [-0.4, -0.2) is 26.0 Å². The summed E-state index contributed by atoms with van der Waals surface area (Å²) in [7, 11) is 0.124. The van der Waals surface area contributed by atoms with Gasteiger partial charge in [-0.2, -0.15) is 0 Å². The molecule has 0 radical (unpaired) electrons. The second kappa shape index (κ2) is 11.9. The molecule has 0 atom stereocenters. The first-order chi connectivity index (χ1) is 15.7. The zero-order valence-electron chi connectivity index (χ0n) is 21.1. The van der Waals surface area contributed by atoms with Crippen molar-refractivity contribution in [2.45, 2.75) is 45.7 Å². The number of allylic oxidation sites excluding steroid dienone is 7. The predicted octanol–water partition coefficient (Wildman–Crippen LogP) is 7.70. The number of nitrogens with zero attached hydrogens (tertiary/aromatic N) is 1. The largest absolute Gasteiger partial charge is 0.399 e. The average Bonchev–Trinajstić information content (AvgIpc) is 3.18. The van der Waals surface area contributed by atoms with E-state index in [-0.39, 0.29) is 27.3 Å². The molecule has 2 aliphatic rings. The summed E-state index contributed by atoms with van der Waals surface area (Å²) in [6, 6.07) is 17.7. The molecule has 2 aliphatic carbocycles. The van der Waals surface area contributed by atoms with Crippen LogP contribution in [0.15, 0.2) is 91.6 Å². The fourth-order valence-corrected chi connectivity index (χ4v) is 5.82. The summed E-state index contributed by atoms with van der Waals surface area (Å²) >= 11 is 0. The van der Waals surface area contributed by atoms with E-state index in [2.05, 4.69) is 88.5 Å². The van der Waals surface area contributed by atoms with Crippen LogP contribution in [-0.2, 0) is 26.2 Å². The third-order valence-electron chi connectivity index (χ3n) is 6.28. The Hall–Kier alpha value is -2.33. The van der Waals surface area contributed by atoms with Crippen molar-refractivity contribution >= 4 is 25.6 Å². The van der Waals surface area contributed by atoms with Gasteiger partial charge < -0.3 is 9.03 Å². The van der Waals surface area contributed by atoms with Gasteiger partial charge in [-0.1, -0.05) is 91.6 Å². The molecule has 0 saturated carbocycles. The summed E-state index contributed by atoms with van der Waals surface area (Å²) in [5, 5.41) is 0. The number of fused-ring (bicyclic) bond motifs is 4. The molecule has 0 bridgehead atoms. The Labute approximate surface area is 222 Å². The summed E-state index contributed by atoms with van der Waals surface area (Å²) in [4.78, 5) is 0. The van der Waals surface area contributed by atoms with Crippen molar-refractivity contribution < 1.29 is 26.2 Å². The molecule has 0 saturated heterocycles. The molecule has 0 amide bonds. The maximum atomic E-state index is 13.0. The molecule has 0 aromatic heterocycles. The van der Waals surface area contributed by atoms with Crippen LogP contribution in [0.3, 0.4) is 0 Å². The summed E-state index contributed by atoms with van der Waals surface area (Å²) in [5.41, 5.74) is 9.75. The Bertz CT molecular complexity index is 1180. The zero-order chi connectivity index (χ0) is 24.2. The van der Waals surface area contributed by atoms with Gasteiger partial charge in [0.25, 0.3) is 0 Å². The van der Waals surface area contributed by atoms with Crippen molar-refractivity contribution in [3.63, 3.8) is 0 Å². The minimum Gasteiger partial charge on any atom is -0.375 e. The van der Waals surface area contributed by atoms with Crippen LogP contribution < -0.4 is 0 Å². The van der Waals surface area contributed by atoms with Crippen LogP contribution in [0.25, 0.3) is 16.7 Å². The van der Waals surface area contributed by atoms with E-state index in [4.69, 9.17) is 0 Å². The third-order valence-corrected chi connectivity index (χ3v) is 8.46. The van der Waals surface area contributed by atoms with Gasteiger partial charge in [0.15, 0.2) is 0 Å². The van der Waals surface area contributed by atoms with Crippen molar-refractivity contribution in [3.05, 3.63) is 114 Å². The Kier molecular flexibility index (Phi) is 9.75. The molecule has 4 heteroatoms. The molecule has 0 aliphatic heterocycles. The molecule has 0 fully saturated rings. The molecule has 0 spiro atoms. The van der Waals surface area contributed by atoms with Gasteiger partial charge in [0.1, 0.15) is 0 Å². The fourth-order valence-electron chi connectivity index (χ4n) is 4.22. The first-order valence-electron chi connectivity index (χ1n) is 11.5. The summed E-state index contributed by atoms with van der Waals surface area (Å²) in [6.07, 6.45) is 8.72. The fraction of sp³-hybridized carbons (Fsp3) is 0.267. The van der Waals surface area contributed by atoms with E-state index in [1.54, 1.807) is 6.08 Å².